The highest BCUT2D eigenvalue weighted by atomic mass is 79.9. The predicted octanol–water partition coefficient (Wildman–Crippen LogP) is 2.11. The van der Waals surface area contributed by atoms with Gasteiger partial charge in [0.15, 0.2) is 0 Å². The molecule has 0 saturated carbocycles. The second-order valence-electron chi connectivity index (χ2n) is 3.06. The maximum Gasteiger partial charge on any atom is 0.315 e. The summed E-state index contributed by atoms with van der Waals surface area (Å²) < 4.78 is 0.822. The van der Waals surface area contributed by atoms with Gasteiger partial charge in [-0.1, -0.05) is 22.0 Å². The van der Waals surface area contributed by atoms with Crippen LogP contribution in [-0.4, -0.2) is 17.0 Å². The summed E-state index contributed by atoms with van der Waals surface area (Å²) in [6.45, 7) is 1.34. The van der Waals surface area contributed by atoms with Gasteiger partial charge >= 0.3 is 5.97 Å². The highest BCUT2D eigenvalue weighted by molar-refractivity contribution is 9.10. The van der Waals surface area contributed by atoms with Crippen LogP contribution in [0.1, 0.15) is 6.92 Å². The van der Waals surface area contributed by atoms with Gasteiger partial charge in [0.25, 0.3) is 0 Å². The molecule has 1 aromatic rings. The molecule has 0 saturated heterocycles. The molecule has 1 unspecified atom stereocenters. The lowest BCUT2D eigenvalue weighted by Crippen LogP contribution is -2.26. The van der Waals surface area contributed by atoms with Crippen LogP contribution in [0.25, 0.3) is 0 Å². The average Bonchev–Trinajstić information content (AvgIpc) is 2.16. The highest BCUT2D eigenvalue weighted by Gasteiger charge is 2.20. The van der Waals surface area contributed by atoms with Crippen LogP contribution >= 0.6 is 15.9 Å². The van der Waals surface area contributed by atoms with Crippen LogP contribution in [0, 0.1) is 5.92 Å². The molecule has 0 radical (unpaired) electrons. The van der Waals surface area contributed by atoms with E-state index in [1.807, 2.05) is 6.07 Å². The molecule has 0 aromatic heterocycles. The maximum absolute atomic E-state index is 11.4. The summed E-state index contributed by atoms with van der Waals surface area (Å²) in [5, 5.41) is 11.1. The van der Waals surface area contributed by atoms with Gasteiger partial charge in [-0.3, -0.25) is 9.59 Å². The summed E-state index contributed by atoms with van der Waals surface area (Å²) >= 11 is 3.25. The lowest BCUT2D eigenvalue weighted by atomic mass is 10.1. The monoisotopic (exact) mass is 271 g/mol. The van der Waals surface area contributed by atoms with Crippen molar-refractivity contribution in [3.8, 4) is 0 Å². The first-order chi connectivity index (χ1) is 7.00. The van der Waals surface area contributed by atoms with Gasteiger partial charge in [0.1, 0.15) is 5.92 Å². The SMILES string of the molecule is CC(C(=O)O)C(=O)Nc1cccc(Br)c1. The molecule has 0 aliphatic rings. The van der Waals surface area contributed by atoms with Crippen molar-refractivity contribution < 1.29 is 14.7 Å². The van der Waals surface area contributed by atoms with Crippen LogP contribution in [0.3, 0.4) is 0 Å². The Labute approximate surface area is 95.4 Å². The van der Waals surface area contributed by atoms with Gasteiger partial charge in [-0.25, -0.2) is 0 Å². The third-order valence-corrected chi connectivity index (χ3v) is 2.35. The van der Waals surface area contributed by atoms with Gasteiger partial charge < -0.3 is 10.4 Å². The number of aliphatic carboxylic acids is 1. The predicted molar refractivity (Wildman–Crippen MR) is 59.6 cm³/mol. The van der Waals surface area contributed by atoms with Crippen molar-refractivity contribution in [3.05, 3.63) is 28.7 Å². The number of nitrogens with one attached hydrogen (secondary N) is 1. The molecule has 0 bridgehead atoms. The summed E-state index contributed by atoms with van der Waals surface area (Å²) in [6.07, 6.45) is 0. The number of halogens is 1. The molecular weight excluding hydrogens is 262 g/mol. The number of hydrogen-bond acceptors (Lipinski definition) is 2. The number of carboxylic acids is 1. The molecule has 5 heteroatoms. The standard InChI is InChI=1S/C10H10BrNO3/c1-6(10(14)15)9(13)12-8-4-2-3-7(11)5-8/h2-6H,1H3,(H,12,13)(H,14,15). The van der Waals surface area contributed by atoms with E-state index in [0.29, 0.717) is 5.69 Å². The summed E-state index contributed by atoms with van der Waals surface area (Å²) in [5.41, 5.74) is 0.572. The smallest absolute Gasteiger partial charge is 0.315 e. The molecule has 0 aliphatic heterocycles. The van der Waals surface area contributed by atoms with Crippen LogP contribution in [-0.2, 0) is 9.59 Å². The first-order valence-corrected chi connectivity index (χ1v) is 5.09. The second-order valence-corrected chi connectivity index (χ2v) is 3.98. The molecular formula is C10H10BrNO3. The van der Waals surface area contributed by atoms with Gasteiger partial charge in [-0.15, -0.1) is 0 Å². The normalized spacial score (nSPS) is 11.9. The molecule has 80 valence electrons. The Morgan fingerprint density at radius 2 is 2.13 bits per heavy atom. The zero-order chi connectivity index (χ0) is 11.4. The first kappa shape index (κ1) is 11.7. The largest absolute Gasteiger partial charge is 0.481 e. The molecule has 1 amide bonds. The lowest BCUT2D eigenvalue weighted by Gasteiger charge is -2.08. The van der Waals surface area contributed by atoms with E-state index >= 15 is 0 Å². The van der Waals surface area contributed by atoms with E-state index in [9.17, 15) is 9.59 Å². The topological polar surface area (TPSA) is 66.4 Å². The van der Waals surface area contributed by atoms with Gasteiger partial charge in [0.2, 0.25) is 5.91 Å². The van der Waals surface area contributed by atoms with E-state index in [-0.39, 0.29) is 0 Å². The molecule has 1 rings (SSSR count). The van der Waals surface area contributed by atoms with Crippen molar-refractivity contribution in [2.24, 2.45) is 5.92 Å². The minimum absolute atomic E-state index is 0.527. The van der Waals surface area contributed by atoms with Crippen LogP contribution in [0.5, 0.6) is 0 Å². The first-order valence-electron chi connectivity index (χ1n) is 4.30. The minimum Gasteiger partial charge on any atom is -0.481 e. The number of carboxylic acid groups (broad SMARTS) is 1. The van der Waals surface area contributed by atoms with Gasteiger partial charge in [-0.2, -0.15) is 0 Å². The summed E-state index contributed by atoms with van der Waals surface area (Å²) in [7, 11) is 0. The molecule has 2 N–H and O–H groups in total. The molecule has 4 nitrogen and oxygen atoms in total. The number of amides is 1. The van der Waals surface area contributed by atoms with Crippen LogP contribution in [0.15, 0.2) is 28.7 Å². The van der Waals surface area contributed by atoms with Crippen LogP contribution in [0.4, 0.5) is 5.69 Å². The quantitative estimate of drug-likeness (QED) is 0.828. The zero-order valence-electron chi connectivity index (χ0n) is 8.03. The maximum atomic E-state index is 11.4. The summed E-state index contributed by atoms with van der Waals surface area (Å²) in [4.78, 5) is 21.9. The lowest BCUT2D eigenvalue weighted by molar-refractivity contribution is -0.144. The summed E-state index contributed by atoms with van der Waals surface area (Å²) in [5.74, 6) is -2.72. The molecule has 1 atom stereocenters. The van der Waals surface area contributed by atoms with Crippen LogP contribution in [0.2, 0.25) is 0 Å². The highest BCUT2D eigenvalue weighted by Crippen LogP contribution is 2.16. The second kappa shape index (κ2) is 4.93. The molecule has 1 aromatic carbocycles. The van der Waals surface area contributed by atoms with Gasteiger partial charge in [-0.05, 0) is 25.1 Å². The Balaban J connectivity index is 2.70. The Hall–Kier alpha value is -1.36. The fraction of sp³-hybridized carbons (Fsp3) is 0.200. The van der Waals surface area contributed by atoms with Crippen LogP contribution < -0.4 is 5.32 Å². The number of rotatable bonds is 3. The van der Waals surface area contributed by atoms with E-state index in [1.165, 1.54) is 6.92 Å². The molecule has 0 fully saturated rings. The summed E-state index contributed by atoms with van der Waals surface area (Å²) in [6, 6.07) is 6.96. The number of carbonyl (C=O) groups is 2. The third-order valence-electron chi connectivity index (χ3n) is 1.86. The minimum atomic E-state index is -1.14. The third kappa shape index (κ3) is 3.36. The fourth-order valence-electron chi connectivity index (χ4n) is 0.929. The molecule has 15 heavy (non-hydrogen) atoms. The van der Waals surface area contributed by atoms with Crippen molar-refractivity contribution in [2.75, 3.05) is 5.32 Å². The number of hydrogen-bond donors (Lipinski definition) is 2. The number of anilines is 1. The van der Waals surface area contributed by atoms with E-state index in [2.05, 4.69) is 21.2 Å². The van der Waals surface area contributed by atoms with E-state index < -0.39 is 17.8 Å². The Kier molecular flexibility index (Phi) is 3.85. The van der Waals surface area contributed by atoms with Crippen molar-refractivity contribution in [2.45, 2.75) is 6.92 Å². The molecule has 0 heterocycles. The van der Waals surface area contributed by atoms with E-state index in [4.69, 9.17) is 5.11 Å². The Bertz CT molecular complexity index is 392. The van der Waals surface area contributed by atoms with Crippen molar-refractivity contribution in [1.82, 2.24) is 0 Å². The van der Waals surface area contributed by atoms with Gasteiger partial charge in [0, 0.05) is 10.2 Å². The fourth-order valence-corrected chi connectivity index (χ4v) is 1.33. The average molecular weight is 272 g/mol. The molecule has 0 spiro atoms. The Morgan fingerprint density at radius 1 is 1.47 bits per heavy atom. The van der Waals surface area contributed by atoms with Crippen molar-refractivity contribution in [1.29, 1.82) is 0 Å². The zero-order valence-corrected chi connectivity index (χ0v) is 9.61. The van der Waals surface area contributed by atoms with E-state index in [1.54, 1.807) is 18.2 Å². The van der Waals surface area contributed by atoms with Crippen molar-refractivity contribution in [3.63, 3.8) is 0 Å². The van der Waals surface area contributed by atoms with E-state index in [0.717, 1.165) is 4.47 Å². The number of benzene rings is 1. The Morgan fingerprint density at radius 3 is 2.67 bits per heavy atom. The van der Waals surface area contributed by atoms with Crippen molar-refractivity contribution >= 4 is 33.5 Å². The number of carbonyl (C=O) groups excluding carboxylic acids is 1. The van der Waals surface area contributed by atoms with Gasteiger partial charge in [0.05, 0.1) is 0 Å². The molecule has 0 aliphatic carbocycles.